The molecule has 8 heteroatoms. The number of aliphatic imine (C=N–C) groups is 1. The third-order valence-corrected chi connectivity index (χ3v) is 6.07. The van der Waals surface area contributed by atoms with Crippen LogP contribution in [-0.2, 0) is 10.0 Å². The predicted molar refractivity (Wildman–Crippen MR) is 98.8 cm³/mol. The summed E-state index contributed by atoms with van der Waals surface area (Å²) in [5.41, 5.74) is 0.569. The number of sulfonamides is 1. The minimum Gasteiger partial charge on any atom is -0.267 e. The summed E-state index contributed by atoms with van der Waals surface area (Å²) in [6, 6.07) is 13.6. The maximum atomic E-state index is 13.0. The molecule has 0 atom stereocenters. The van der Waals surface area contributed by atoms with Gasteiger partial charge in [-0.05, 0) is 25.1 Å². The molecule has 0 unspecified atom stereocenters. The van der Waals surface area contributed by atoms with Gasteiger partial charge in [0.1, 0.15) is 0 Å². The van der Waals surface area contributed by atoms with Gasteiger partial charge in [-0.1, -0.05) is 35.9 Å². The topological polar surface area (TPSA) is 84.6 Å². The summed E-state index contributed by atoms with van der Waals surface area (Å²) < 4.78 is 28.2. The van der Waals surface area contributed by atoms with E-state index in [1.807, 2.05) is 13.0 Å². The van der Waals surface area contributed by atoms with Crippen molar-refractivity contribution in [3.05, 3.63) is 70.6 Å². The Morgan fingerprint density at radius 3 is 2.54 bits per heavy atom. The van der Waals surface area contributed by atoms with Gasteiger partial charge in [0.15, 0.2) is 0 Å². The van der Waals surface area contributed by atoms with Gasteiger partial charge in [0.05, 0.1) is 29.6 Å². The first-order valence-corrected chi connectivity index (χ1v) is 9.54. The van der Waals surface area contributed by atoms with Gasteiger partial charge in [-0.15, -0.1) is 0 Å². The van der Waals surface area contributed by atoms with E-state index in [9.17, 15) is 13.2 Å². The highest BCUT2D eigenvalue weighted by Crippen LogP contribution is 2.19. The number of benzene rings is 2. The van der Waals surface area contributed by atoms with E-state index in [1.54, 1.807) is 42.5 Å². The van der Waals surface area contributed by atoms with E-state index in [1.165, 1.54) is 6.20 Å². The van der Waals surface area contributed by atoms with Crippen LogP contribution in [0.25, 0.3) is 10.8 Å². The number of aryl methyl sites for hydroxylation is 1. The van der Waals surface area contributed by atoms with Crippen molar-refractivity contribution in [2.24, 2.45) is 4.99 Å². The SMILES string of the molecule is Cc1ccc(S(=O)(=O)N2CCN=C2n2ncc3ccccc3c2=O)cc1. The van der Waals surface area contributed by atoms with Crippen molar-refractivity contribution < 1.29 is 8.42 Å². The van der Waals surface area contributed by atoms with Gasteiger partial charge in [-0.3, -0.25) is 4.79 Å². The Morgan fingerprint density at radius 2 is 1.77 bits per heavy atom. The zero-order chi connectivity index (χ0) is 18.3. The lowest BCUT2D eigenvalue weighted by Gasteiger charge is -2.20. The molecular formula is C18H16N4O3S. The molecule has 0 saturated heterocycles. The summed E-state index contributed by atoms with van der Waals surface area (Å²) in [6.07, 6.45) is 1.54. The molecule has 0 saturated carbocycles. The van der Waals surface area contributed by atoms with E-state index in [0.717, 1.165) is 14.6 Å². The van der Waals surface area contributed by atoms with Gasteiger partial charge >= 0.3 is 0 Å². The molecule has 0 amide bonds. The Balaban J connectivity index is 1.81. The maximum Gasteiger partial charge on any atom is 0.282 e. The second-order valence-corrected chi connectivity index (χ2v) is 7.88. The second kappa shape index (κ2) is 6.06. The van der Waals surface area contributed by atoms with Crippen molar-refractivity contribution in [3.8, 4) is 0 Å². The Morgan fingerprint density at radius 1 is 1.04 bits per heavy atom. The number of aromatic nitrogens is 2. The van der Waals surface area contributed by atoms with E-state index in [2.05, 4.69) is 10.1 Å². The van der Waals surface area contributed by atoms with Gasteiger partial charge in [0, 0.05) is 5.39 Å². The molecule has 132 valence electrons. The molecule has 0 bridgehead atoms. The Hall–Kier alpha value is -3.00. The van der Waals surface area contributed by atoms with Crippen LogP contribution in [-0.4, -0.2) is 41.6 Å². The molecule has 4 rings (SSSR count). The van der Waals surface area contributed by atoms with Crippen molar-refractivity contribution in [1.29, 1.82) is 0 Å². The quantitative estimate of drug-likeness (QED) is 0.688. The molecule has 1 aliphatic heterocycles. The first-order valence-electron chi connectivity index (χ1n) is 8.10. The lowest BCUT2D eigenvalue weighted by atomic mass is 10.2. The van der Waals surface area contributed by atoms with Crippen molar-refractivity contribution in [1.82, 2.24) is 14.1 Å². The summed E-state index contributed by atoms with van der Waals surface area (Å²) in [6.45, 7) is 2.34. The van der Waals surface area contributed by atoms with Crippen molar-refractivity contribution in [2.75, 3.05) is 13.1 Å². The highest BCUT2D eigenvalue weighted by Gasteiger charge is 2.33. The van der Waals surface area contributed by atoms with E-state index < -0.39 is 15.6 Å². The van der Waals surface area contributed by atoms with E-state index in [-0.39, 0.29) is 23.9 Å². The molecule has 1 aliphatic rings. The summed E-state index contributed by atoms with van der Waals surface area (Å²) in [5, 5.41) is 5.28. The average Bonchev–Trinajstić information content (AvgIpc) is 3.13. The molecule has 0 fully saturated rings. The standard InChI is InChI=1S/C18H16N4O3S/c1-13-6-8-15(9-7-13)26(24,25)21-11-10-19-18(21)22-17(23)16-5-3-2-4-14(16)12-20-22/h2-9,12H,10-11H2,1H3. The van der Waals surface area contributed by atoms with Crippen LogP contribution < -0.4 is 5.56 Å². The first kappa shape index (κ1) is 16.5. The van der Waals surface area contributed by atoms with Crippen LogP contribution in [0, 0.1) is 6.92 Å². The van der Waals surface area contributed by atoms with Gasteiger partial charge in [0.25, 0.3) is 15.6 Å². The fraction of sp³-hybridized carbons (Fsp3) is 0.167. The largest absolute Gasteiger partial charge is 0.282 e. The fourth-order valence-electron chi connectivity index (χ4n) is 2.89. The number of hydrogen-bond donors (Lipinski definition) is 0. The molecule has 26 heavy (non-hydrogen) atoms. The number of fused-ring (bicyclic) bond motifs is 1. The number of nitrogens with zero attached hydrogens (tertiary/aromatic N) is 4. The minimum atomic E-state index is -3.82. The predicted octanol–water partition coefficient (Wildman–Crippen LogP) is 1.61. The first-order chi connectivity index (χ1) is 12.5. The highest BCUT2D eigenvalue weighted by molar-refractivity contribution is 7.89. The molecule has 7 nitrogen and oxygen atoms in total. The van der Waals surface area contributed by atoms with Gasteiger partial charge in [-0.25, -0.2) is 17.7 Å². The van der Waals surface area contributed by atoms with Crippen molar-refractivity contribution in [2.45, 2.75) is 11.8 Å². The summed E-state index contributed by atoms with van der Waals surface area (Å²) >= 11 is 0. The number of rotatable bonds is 2. The van der Waals surface area contributed by atoms with E-state index in [4.69, 9.17) is 0 Å². The molecular weight excluding hydrogens is 352 g/mol. The third-order valence-electron chi connectivity index (χ3n) is 4.27. The third kappa shape index (κ3) is 2.59. The van der Waals surface area contributed by atoms with Crippen LogP contribution in [0.4, 0.5) is 0 Å². The Kier molecular flexibility index (Phi) is 3.84. The number of hydrogen-bond acceptors (Lipinski definition) is 5. The van der Waals surface area contributed by atoms with Crippen LogP contribution in [0.1, 0.15) is 5.56 Å². The van der Waals surface area contributed by atoms with E-state index >= 15 is 0 Å². The molecule has 0 aliphatic carbocycles. The molecule has 3 aromatic rings. The van der Waals surface area contributed by atoms with Crippen LogP contribution in [0.2, 0.25) is 0 Å². The molecule has 2 heterocycles. The van der Waals surface area contributed by atoms with E-state index in [0.29, 0.717) is 10.8 Å². The van der Waals surface area contributed by atoms with Crippen LogP contribution >= 0.6 is 0 Å². The lowest BCUT2D eigenvalue weighted by molar-refractivity contribution is 0.529. The second-order valence-electron chi connectivity index (χ2n) is 6.02. The molecule has 0 N–H and O–H groups in total. The Labute approximate surface area is 150 Å². The summed E-state index contributed by atoms with van der Waals surface area (Å²) in [7, 11) is -3.82. The fourth-order valence-corrected chi connectivity index (χ4v) is 4.30. The molecule has 1 aromatic heterocycles. The van der Waals surface area contributed by atoms with Crippen molar-refractivity contribution >= 4 is 26.8 Å². The van der Waals surface area contributed by atoms with Crippen LogP contribution in [0.15, 0.2) is 69.4 Å². The summed E-state index contributed by atoms with van der Waals surface area (Å²) in [4.78, 5) is 17.2. The van der Waals surface area contributed by atoms with Crippen molar-refractivity contribution in [3.63, 3.8) is 0 Å². The average molecular weight is 368 g/mol. The monoisotopic (exact) mass is 368 g/mol. The lowest BCUT2D eigenvalue weighted by Crippen LogP contribution is -2.43. The van der Waals surface area contributed by atoms with Gasteiger partial charge in [-0.2, -0.15) is 9.78 Å². The maximum absolute atomic E-state index is 13.0. The molecule has 0 radical (unpaired) electrons. The zero-order valence-corrected chi connectivity index (χ0v) is 14.8. The molecule has 0 spiro atoms. The molecule has 2 aromatic carbocycles. The van der Waals surface area contributed by atoms with Crippen LogP contribution in [0.3, 0.4) is 0 Å². The summed E-state index contributed by atoms with van der Waals surface area (Å²) in [5.74, 6) is 0.0290. The van der Waals surface area contributed by atoms with Gasteiger partial charge in [0.2, 0.25) is 5.96 Å². The highest BCUT2D eigenvalue weighted by atomic mass is 32.2. The van der Waals surface area contributed by atoms with Gasteiger partial charge < -0.3 is 0 Å². The van der Waals surface area contributed by atoms with Crippen LogP contribution in [0.5, 0.6) is 0 Å². The smallest absolute Gasteiger partial charge is 0.267 e. The zero-order valence-electron chi connectivity index (χ0n) is 14.0. The normalized spacial score (nSPS) is 14.7. The minimum absolute atomic E-state index is 0.0290. The Bertz CT molecular complexity index is 1180.